The first kappa shape index (κ1) is 13.6. The lowest BCUT2D eigenvalue weighted by molar-refractivity contribution is 0.893. The van der Waals surface area contributed by atoms with Crippen LogP contribution in [-0.4, -0.2) is 19.7 Å². The summed E-state index contributed by atoms with van der Waals surface area (Å²) in [6.45, 7) is 2.18. The van der Waals surface area contributed by atoms with Crippen molar-refractivity contribution < 1.29 is 0 Å². The Morgan fingerprint density at radius 2 is 2.18 bits per heavy atom. The molecule has 1 aliphatic rings. The zero-order valence-electron chi connectivity index (χ0n) is 12.8. The van der Waals surface area contributed by atoms with Crippen molar-refractivity contribution in [2.24, 2.45) is 7.05 Å². The molecule has 0 aliphatic heterocycles. The first-order chi connectivity index (χ1) is 10.7. The molecule has 3 aromatic rings. The lowest BCUT2D eigenvalue weighted by Crippen LogP contribution is -2.01. The third kappa shape index (κ3) is 1.85. The van der Waals surface area contributed by atoms with Crippen LogP contribution >= 0.6 is 12.2 Å². The van der Waals surface area contributed by atoms with Gasteiger partial charge in [-0.3, -0.25) is 10.1 Å². The summed E-state index contributed by atoms with van der Waals surface area (Å²) in [5.74, 6) is 0.920. The molecule has 22 heavy (non-hydrogen) atoms. The summed E-state index contributed by atoms with van der Waals surface area (Å²) in [6, 6.07) is 6.45. The fourth-order valence-electron chi connectivity index (χ4n) is 3.45. The minimum atomic E-state index is 0.651. The van der Waals surface area contributed by atoms with Gasteiger partial charge in [0.15, 0.2) is 10.6 Å². The quantitative estimate of drug-likeness (QED) is 0.733. The highest BCUT2D eigenvalue weighted by molar-refractivity contribution is 7.71. The molecule has 0 unspecified atom stereocenters. The Hall–Kier alpha value is -2.01. The van der Waals surface area contributed by atoms with E-state index in [1.165, 1.54) is 34.2 Å². The fourth-order valence-corrected chi connectivity index (χ4v) is 3.59. The molecular formula is C17H18N4S. The summed E-state index contributed by atoms with van der Waals surface area (Å²) in [5, 5.41) is 8.59. The Kier molecular flexibility index (Phi) is 3.11. The van der Waals surface area contributed by atoms with Crippen LogP contribution in [0.5, 0.6) is 0 Å². The van der Waals surface area contributed by atoms with E-state index in [1.807, 2.05) is 11.6 Å². The maximum absolute atomic E-state index is 5.30. The van der Waals surface area contributed by atoms with Gasteiger partial charge in [0.05, 0.1) is 5.52 Å². The average molecular weight is 310 g/mol. The number of aryl methyl sites for hydroxylation is 2. The lowest BCUT2D eigenvalue weighted by atomic mass is 9.97. The Morgan fingerprint density at radius 3 is 2.91 bits per heavy atom. The molecule has 0 saturated heterocycles. The molecule has 0 spiro atoms. The van der Waals surface area contributed by atoms with Crippen molar-refractivity contribution in [3.63, 3.8) is 0 Å². The molecule has 1 aliphatic carbocycles. The first-order valence-electron chi connectivity index (χ1n) is 7.75. The number of hydrogen-bond donors (Lipinski definition) is 1. The highest BCUT2D eigenvalue weighted by Gasteiger charge is 2.23. The maximum Gasteiger partial charge on any atom is 0.195 e. The van der Waals surface area contributed by atoms with E-state index in [1.54, 1.807) is 0 Å². The number of aromatic amines is 1. The summed E-state index contributed by atoms with van der Waals surface area (Å²) < 4.78 is 2.61. The SMILES string of the molecule is CCc1cccc2c(-c3n[nH]c(=S)n3C)c3c(nc12)CCC3. The number of fused-ring (bicyclic) bond motifs is 2. The molecule has 112 valence electrons. The molecule has 0 amide bonds. The van der Waals surface area contributed by atoms with Crippen LogP contribution in [0.25, 0.3) is 22.3 Å². The van der Waals surface area contributed by atoms with E-state index in [4.69, 9.17) is 17.2 Å². The summed E-state index contributed by atoms with van der Waals surface area (Å²) in [5.41, 5.74) is 6.21. The van der Waals surface area contributed by atoms with Crippen molar-refractivity contribution >= 4 is 23.1 Å². The average Bonchev–Trinajstić information content (AvgIpc) is 3.12. The van der Waals surface area contributed by atoms with E-state index in [9.17, 15) is 0 Å². The molecule has 0 fully saturated rings. The van der Waals surface area contributed by atoms with Gasteiger partial charge >= 0.3 is 0 Å². The van der Waals surface area contributed by atoms with Crippen molar-refractivity contribution in [1.29, 1.82) is 0 Å². The smallest absolute Gasteiger partial charge is 0.195 e. The predicted octanol–water partition coefficient (Wildman–Crippen LogP) is 3.74. The Balaban J connectivity index is 2.17. The van der Waals surface area contributed by atoms with Crippen LogP contribution in [-0.2, 0) is 26.3 Å². The summed E-state index contributed by atoms with van der Waals surface area (Å²) >= 11 is 5.30. The Morgan fingerprint density at radius 1 is 1.32 bits per heavy atom. The van der Waals surface area contributed by atoms with Gasteiger partial charge in [-0.1, -0.05) is 25.1 Å². The van der Waals surface area contributed by atoms with Crippen LogP contribution < -0.4 is 0 Å². The van der Waals surface area contributed by atoms with Gasteiger partial charge in [0.25, 0.3) is 0 Å². The third-order valence-electron chi connectivity index (χ3n) is 4.61. The van der Waals surface area contributed by atoms with Crippen LogP contribution in [0, 0.1) is 4.77 Å². The van der Waals surface area contributed by atoms with Crippen molar-refractivity contribution in [3.8, 4) is 11.4 Å². The highest BCUT2D eigenvalue weighted by Crippen LogP contribution is 2.37. The lowest BCUT2D eigenvalue weighted by Gasteiger charge is -2.13. The number of aromatic nitrogens is 4. The highest BCUT2D eigenvalue weighted by atomic mass is 32.1. The second-order valence-corrected chi connectivity index (χ2v) is 6.23. The molecule has 1 N–H and O–H groups in total. The van der Waals surface area contributed by atoms with Crippen LogP contribution in [0.3, 0.4) is 0 Å². The molecule has 4 rings (SSSR count). The first-order valence-corrected chi connectivity index (χ1v) is 8.16. The second kappa shape index (κ2) is 5.02. The Labute approximate surface area is 134 Å². The zero-order valence-corrected chi connectivity index (χ0v) is 13.6. The molecule has 4 nitrogen and oxygen atoms in total. The number of benzene rings is 1. The van der Waals surface area contributed by atoms with Gasteiger partial charge < -0.3 is 4.57 Å². The topological polar surface area (TPSA) is 46.5 Å². The van der Waals surface area contributed by atoms with E-state index < -0.39 is 0 Å². The van der Waals surface area contributed by atoms with E-state index in [0.717, 1.165) is 30.6 Å². The third-order valence-corrected chi connectivity index (χ3v) is 4.98. The molecular weight excluding hydrogens is 292 g/mol. The minimum absolute atomic E-state index is 0.651. The van der Waals surface area contributed by atoms with Gasteiger partial charge in [-0.2, -0.15) is 5.10 Å². The molecule has 2 heterocycles. The van der Waals surface area contributed by atoms with Gasteiger partial charge in [-0.25, -0.2) is 0 Å². The number of pyridine rings is 1. The Bertz CT molecular complexity index is 936. The fraction of sp³-hybridized carbons (Fsp3) is 0.353. The predicted molar refractivity (Wildman–Crippen MR) is 90.5 cm³/mol. The van der Waals surface area contributed by atoms with Gasteiger partial charge in [-0.15, -0.1) is 0 Å². The summed E-state index contributed by atoms with van der Waals surface area (Å²) in [6.07, 6.45) is 4.29. The standard InChI is InChI=1S/C17H18N4S/c1-3-10-6-4-8-12-14(16-19-20-17(22)21(16)2)11-7-5-9-13(11)18-15(10)12/h4,6,8H,3,5,7,9H2,1-2H3,(H,20,22). The van der Waals surface area contributed by atoms with E-state index in [2.05, 4.69) is 35.3 Å². The normalized spacial score (nSPS) is 13.7. The zero-order chi connectivity index (χ0) is 15.3. The molecule has 0 radical (unpaired) electrons. The number of nitrogens with zero attached hydrogens (tertiary/aromatic N) is 3. The van der Waals surface area contributed by atoms with Crippen LogP contribution in [0.2, 0.25) is 0 Å². The number of rotatable bonds is 2. The molecule has 5 heteroatoms. The molecule has 1 aromatic carbocycles. The second-order valence-electron chi connectivity index (χ2n) is 5.84. The van der Waals surface area contributed by atoms with Crippen molar-refractivity contribution in [2.75, 3.05) is 0 Å². The largest absolute Gasteiger partial charge is 0.303 e. The van der Waals surface area contributed by atoms with Gasteiger partial charge in [0.1, 0.15) is 0 Å². The van der Waals surface area contributed by atoms with Crippen molar-refractivity contribution in [3.05, 3.63) is 39.8 Å². The van der Waals surface area contributed by atoms with Crippen LogP contribution in [0.4, 0.5) is 0 Å². The van der Waals surface area contributed by atoms with Gasteiger partial charge in [0, 0.05) is 23.7 Å². The van der Waals surface area contributed by atoms with Crippen molar-refractivity contribution in [1.82, 2.24) is 19.7 Å². The maximum atomic E-state index is 5.30. The molecule has 0 bridgehead atoms. The van der Waals surface area contributed by atoms with Crippen LogP contribution in [0.1, 0.15) is 30.2 Å². The molecule has 0 saturated carbocycles. The number of para-hydroxylation sites is 1. The van der Waals surface area contributed by atoms with Gasteiger partial charge in [-0.05, 0) is 49.0 Å². The summed E-state index contributed by atoms with van der Waals surface area (Å²) in [7, 11) is 1.97. The molecule has 0 atom stereocenters. The van der Waals surface area contributed by atoms with E-state index >= 15 is 0 Å². The number of H-pyrrole nitrogens is 1. The van der Waals surface area contributed by atoms with Gasteiger partial charge in [0.2, 0.25) is 0 Å². The molecule has 2 aromatic heterocycles. The monoisotopic (exact) mass is 310 g/mol. The minimum Gasteiger partial charge on any atom is -0.303 e. The van der Waals surface area contributed by atoms with Crippen molar-refractivity contribution in [2.45, 2.75) is 32.6 Å². The number of nitrogens with one attached hydrogen (secondary N) is 1. The number of hydrogen-bond acceptors (Lipinski definition) is 3. The van der Waals surface area contributed by atoms with Crippen LogP contribution in [0.15, 0.2) is 18.2 Å². The summed E-state index contributed by atoms with van der Waals surface area (Å²) in [4.78, 5) is 4.98. The van der Waals surface area contributed by atoms with E-state index in [-0.39, 0.29) is 0 Å². The van der Waals surface area contributed by atoms with E-state index in [0.29, 0.717) is 4.77 Å².